The van der Waals surface area contributed by atoms with E-state index in [0.717, 1.165) is 38.9 Å². The summed E-state index contributed by atoms with van der Waals surface area (Å²) in [5.74, 6) is -0.0784. The number of rotatable bonds is 9. The van der Waals surface area contributed by atoms with Crippen molar-refractivity contribution < 1.29 is 14.3 Å². The molecule has 4 nitrogen and oxygen atoms in total. The van der Waals surface area contributed by atoms with E-state index in [1.165, 1.54) is 0 Å². The number of hydrogen-bond acceptors (Lipinski definition) is 3. The Morgan fingerprint density at radius 2 is 1.05 bits per heavy atom. The standard InChI is InChI=1S/C37H31NO3S/c39-35(42)34(38-36(40)41-25-33-31-22-12-10-20-29(31)30-21-11-13-23-32(30)33)24-37(26-14-4-1-5-15-26,27-16-6-2-7-17-27)28-18-8-3-9-19-28/h1-23,33-34H,24-25H2,(H,38,40)(H,39,42)/t34-/m1/s1. The van der Waals surface area contributed by atoms with E-state index in [-0.39, 0.29) is 18.9 Å². The molecule has 0 aromatic heterocycles. The maximum atomic E-state index is 13.3. The van der Waals surface area contributed by atoms with E-state index in [0.29, 0.717) is 0 Å². The average Bonchev–Trinajstić information content (AvgIpc) is 3.37. The summed E-state index contributed by atoms with van der Waals surface area (Å²) >= 11 is 4.24. The molecular weight excluding hydrogens is 538 g/mol. The summed E-state index contributed by atoms with van der Waals surface area (Å²) in [5, 5.41) is 2.43. The molecule has 1 atom stereocenters. The van der Waals surface area contributed by atoms with E-state index in [2.05, 4.69) is 78.6 Å². The van der Waals surface area contributed by atoms with Gasteiger partial charge < -0.3 is 10.1 Å². The van der Waals surface area contributed by atoms with Crippen LogP contribution in [0.3, 0.4) is 0 Å². The molecule has 1 aliphatic rings. The first-order chi connectivity index (χ1) is 20.6. The van der Waals surface area contributed by atoms with E-state index < -0.39 is 22.7 Å². The van der Waals surface area contributed by atoms with Crippen LogP contribution in [0.4, 0.5) is 4.79 Å². The van der Waals surface area contributed by atoms with Crippen molar-refractivity contribution in [2.45, 2.75) is 23.8 Å². The van der Waals surface area contributed by atoms with Crippen LogP contribution in [0, 0.1) is 0 Å². The molecule has 0 heterocycles. The SMILES string of the molecule is O=C(N[C@H](CC(c1ccccc1)(c1ccccc1)c1ccccc1)C(=O)S)OCC1c2ccccc2-c2ccccc21. The van der Waals surface area contributed by atoms with Crippen molar-refractivity contribution in [2.24, 2.45) is 0 Å². The molecule has 208 valence electrons. The van der Waals surface area contributed by atoms with Crippen LogP contribution in [-0.2, 0) is 14.9 Å². The Hall–Kier alpha value is -4.61. The van der Waals surface area contributed by atoms with E-state index in [4.69, 9.17) is 4.74 Å². The maximum Gasteiger partial charge on any atom is 0.407 e. The van der Waals surface area contributed by atoms with Crippen LogP contribution in [0.15, 0.2) is 140 Å². The van der Waals surface area contributed by atoms with Crippen molar-refractivity contribution in [3.8, 4) is 11.1 Å². The van der Waals surface area contributed by atoms with Gasteiger partial charge in [0.05, 0.1) is 0 Å². The van der Waals surface area contributed by atoms with E-state index in [1.807, 2.05) is 78.9 Å². The van der Waals surface area contributed by atoms with Gasteiger partial charge in [-0.1, -0.05) is 140 Å². The van der Waals surface area contributed by atoms with Gasteiger partial charge in [0.15, 0.2) is 0 Å². The highest BCUT2D eigenvalue weighted by Crippen LogP contribution is 2.45. The average molecular weight is 570 g/mol. The molecule has 5 heteroatoms. The molecule has 6 rings (SSSR count). The minimum absolute atomic E-state index is 0.0784. The molecule has 1 amide bonds. The lowest BCUT2D eigenvalue weighted by Gasteiger charge is -2.38. The van der Waals surface area contributed by atoms with Crippen molar-refractivity contribution in [3.63, 3.8) is 0 Å². The van der Waals surface area contributed by atoms with Crippen LogP contribution in [0.1, 0.15) is 40.2 Å². The van der Waals surface area contributed by atoms with Gasteiger partial charge in [0, 0.05) is 11.3 Å². The molecule has 0 saturated carbocycles. The number of carbonyl (C=O) groups excluding carboxylic acids is 2. The van der Waals surface area contributed by atoms with E-state index in [9.17, 15) is 9.59 Å². The Kier molecular flexibility index (Phi) is 7.93. The summed E-state index contributed by atoms with van der Waals surface area (Å²) in [6, 6.07) is 45.7. The zero-order valence-electron chi connectivity index (χ0n) is 23.0. The molecule has 1 N–H and O–H groups in total. The zero-order valence-corrected chi connectivity index (χ0v) is 23.9. The lowest BCUT2D eigenvalue weighted by atomic mass is 9.66. The third-order valence-corrected chi connectivity index (χ3v) is 8.56. The first-order valence-electron chi connectivity index (χ1n) is 14.1. The first kappa shape index (κ1) is 27.6. The molecule has 5 aromatic carbocycles. The number of fused-ring (bicyclic) bond motifs is 3. The van der Waals surface area contributed by atoms with Crippen molar-refractivity contribution in [1.29, 1.82) is 0 Å². The Bertz CT molecular complexity index is 1550. The van der Waals surface area contributed by atoms with Crippen LogP contribution < -0.4 is 5.32 Å². The number of carbonyl (C=O) groups is 2. The van der Waals surface area contributed by atoms with Gasteiger partial charge in [-0.05, 0) is 45.4 Å². The third-order valence-electron chi connectivity index (χ3n) is 8.24. The normalized spacial score (nSPS) is 13.1. The highest BCUT2D eigenvalue weighted by molar-refractivity contribution is 7.96. The number of amides is 1. The largest absolute Gasteiger partial charge is 0.449 e. The molecule has 1 aliphatic carbocycles. The molecule has 5 aromatic rings. The lowest BCUT2D eigenvalue weighted by Crippen LogP contribution is -2.45. The minimum Gasteiger partial charge on any atom is -0.449 e. The van der Waals surface area contributed by atoms with E-state index >= 15 is 0 Å². The molecule has 42 heavy (non-hydrogen) atoms. The van der Waals surface area contributed by atoms with Gasteiger partial charge in [-0.15, -0.1) is 12.6 Å². The Morgan fingerprint density at radius 1 is 0.643 bits per heavy atom. The van der Waals surface area contributed by atoms with Gasteiger partial charge >= 0.3 is 6.09 Å². The zero-order chi connectivity index (χ0) is 28.9. The molecule has 0 aliphatic heterocycles. The number of benzene rings is 5. The second-order valence-corrected chi connectivity index (χ2v) is 11.0. The molecule has 0 saturated heterocycles. The first-order valence-corrected chi connectivity index (χ1v) is 14.5. The van der Waals surface area contributed by atoms with E-state index in [1.54, 1.807) is 0 Å². The van der Waals surface area contributed by atoms with Crippen molar-refractivity contribution in [1.82, 2.24) is 5.32 Å². The number of nitrogens with one attached hydrogen (secondary N) is 1. The fourth-order valence-corrected chi connectivity index (χ4v) is 6.47. The number of thiol groups is 1. The van der Waals surface area contributed by atoms with Gasteiger partial charge in [-0.25, -0.2) is 4.79 Å². The number of hydrogen-bond donors (Lipinski definition) is 2. The fourth-order valence-electron chi connectivity index (χ4n) is 6.31. The van der Waals surface area contributed by atoms with Gasteiger partial charge in [-0.2, -0.15) is 0 Å². The van der Waals surface area contributed by atoms with Crippen LogP contribution in [-0.4, -0.2) is 23.9 Å². The summed E-state index contributed by atoms with van der Waals surface area (Å²) in [7, 11) is 0. The maximum absolute atomic E-state index is 13.3. The van der Waals surface area contributed by atoms with Gasteiger partial charge in [-0.3, -0.25) is 4.79 Å². The summed E-state index contributed by atoms with van der Waals surface area (Å²) < 4.78 is 5.82. The van der Waals surface area contributed by atoms with Crippen LogP contribution >= 0.6 is 12.6 Å². The highest BCUT2D eigenvalue weighted by atomic mass is 32.1. The topological polar surface area (TPSA) is 55.4 Å². The summed E-state index contributed by atoms with van der Waals surface area (Å²) in [6.45, 7) is 0.161. The minimum atomic E-state index is -0.912. The molecule has 0 unspecified atom stereocenters. The summed E-state index contributed by atoms with van der Waals surface area (Å²) in [4.78, 5) is 26.3. The van der Waals surface area contributed by atoms with Crippen LogP contribution in [0.25, 0.3) is 11.1 Å². The lowest BCUT2D eigenvalue weighted by molar-refractivity contribution is -0.112. The Balaban J connectivity index is 1.30. The molecular formula is C37H31NO3S. The van der Waals surface area contributed by atoms with Gasteiger partial charge in [0.1, 0.15) is 12.6 Å². The predicted molar refractivity (Wildman–Crippen MR) is 170 cm³/mol. The Labute approximate surface area is 251 Å². The summed E-state index contributed by atoms with van der Waals surface area (Å²) in [5.41, 5.74) is 6.87. The summed E-state index contributed by atoms with van der Waals surface area (Å²) in [6.07, 6.45) is -0.384. The highest BCUT2D eigenvalue weighted by Gasteiger charge is 2.40. The molecule has 0 bridgehead atoms. The van der Waals surface area contributed by atoms with Crippen LogP contribution in [0.2, 0.25) is 0 Å². The second-order valence-electron chi connectivity index (χ2n) is 10.6. The van der Waals surface area contributed by atoms with Crippen molar-refractivity contribution >= 4 is 23.8 Å². The van der Waals surface area contributed by atoms with Gasteiger partial charge in [0.25, 0.3) is 0 Å². The monoisotopic (exact) mass is 569 g/mol. The smallest absolute Gasteiger partial charge is 0.407 e. The third kappa shape index (κ3) is 5.24. The Morgan fingerprint density at radius 3 is 1.48 bits per heavy atom. The van der Waals surface area contributed by atoms with Crippen LogP contribution in [0.5, 0.6) is 0 Å². The molecule has 0 fully saturated rings. The molecule has 0 spiro atoms. The van der Waals surface area contributed by atoms with Crippen molar-refractivity contribution in [3.05, 3.63) is 167 Å². The predicted octanol–water partition coefficient (Wildman–Crippen LogP) is 7.77. The fraction of sp³-hybridized carbons (Fsp3) is 0.135. The van der Waals surface area contributed by atoms with Gasteiger partial charge in [0.2, 0.25) is 5.12 Å². The molecule has 0 radical (unpaired) electrons. The second kappa shape index (κ2) is 12.1. The number of ether oxygens (including phenoxy) is 1. The quantitative estimate of drug-likeness (QED) is 0.141. The number of alkyl carbamates (subject to hydrolysis) is 1. The van der Waals surface area contributed by atoms with Crippen molar-refractivity contribution in [2.75, 3.05) is 6.61 Å².